The van der Waals surface area contributed by atoms with Crippen molar-refractivity contribution in [2.24, 2.45) is 17.2 Å². The van der Waals surface area contributed by atoms with E-state index in [9.17, 15) is 38.7 Å². The zero-order valence-corrected chi connectivity index (χ0v) is 43.9. The van der Waals surface area contributed by atoms with Crippen LogP contribution in [0.15, 0.2) is 91.1 Å². The number of primary amides is 1. The van der Waals surface area contributed by atoms with Gasteiger partial charge in [-0.3, -0.25) is 24.0 Å². The van der Waals surface area contributed by atoms with E-state index in [2.05, 4.69) is 36.9 Å². The van der Waals surface area contributed by atoms with Crippen LogP contribution in [0.4, 0.5) is 0 Å². The largest absolute Gasteiger partial charge is 0.394 e. The smallest absolute Gasteiger partial charge is 0.243 e. The molecule has 0 aliphatic carbocycles. The van der Waals surface area contributed by atoms with E-state index in [1.165, 1.54) is 13.8 Å². The maximum atomic E-state index is 13.8. The van der Waals surface area contributed by atoms with E-state index in [4.69, 9.17) is 27.4 Å². The van der Waals surface area contributed by atoms with Gasteiger partial charge in [0.25, 0.3) is 0 Å². The number of hydrogen-bond acceptors (Lipinski definition) is 16. The number of aromatic amines is 1. The van der Waals surface area contributed by atoms with E-state index >= 15 is 0 Å². The molecule has 0 radical (unpaired) electrons. The van der Waals surface area contributed by atoms with Crippen molar-refractivity contribution in [1.82, 2.24) is 36.9 Å². The summed E-state index contributed by atoms with van der Waals surface area (Å²) < 4.78 is 0. The summed E-state index contributed by atoms with van der Waals surface area (Å²) in [6, 6.07) is 21.9. The maximum absolute atomic E-state index is 13.8. The molecule has 0 aliphatic rings. The summed E-state index contributed by atoms with van der Waals surface area (Å²) in [6.07, 6.45) is 5.08. The van der Waals surface area contributed by atoms with E-state index in [1.807, 2.05) is 103 Å². The molecule has 73 heavy (non-hydrogen) atoms. The fourth-order valence-corrected chi connectivity index (χ4v) is 8.46. The Morgan fingerprint density at radius 2 is 1.30 bits per heavy atom. The summed E-state index contributed by atoms with van der Waals surface area (Å²) in [6.45, 7) is 4.10. The lowest BCUT2D eigenvalue weighted by Crippen LogP contribution is -2.58. The molecule has 0 bridgehead atoms. The molecule has 404 valence electrons. The highest BCUT2D eigenvalue weighted by atomic mass is 33.1. The topological polar surface area (TPSA) is 346 Å². The van der Waals surface area contributed by atoms with Crippen LogP contribution < -0.4 is 49.1 Å². The predicted molar refractivity (Wildman–Crippen MR) is 290 cm³/mol. The van der Waals surface area contributed by atoms with Crippen LogP contribution in [0.3, 0.4) is 0 Å². The number of nitrogens with one attached hydrogen (secondary N) is 7. The lowest BCUT2D eigenvalue weighted by Gasteiger charge is -2.26. The summed E-state index contributed by atoms with van der Waals surface area (Å²) in [5, 5.41) is 44.5. The monoisotopic (exact) mass is 1050 g/mol. The Balaban J connectivity index is 0.000000688. The van der Waals surface area contributed by atoms with Crippen LogP contribution >= 0.6 is 21.6 Å². The zero-order chi connectivity index (χ0) is 54.4. The molecule has 4 aromatic rings. The fraction of sp³-hybridized carbons (Fsp3) is 0.471. The van der Waals surface area contributed by atoms with Crippen molar-refractivity contribution in [2.45, 2.75) is 107 Å². The average Bonchev–Trinajstić information content (AvgIpc) is 3.80. The van der Waals surface area contributed by atoms with Gasteiger partial charge in [0.05, 0.1) is 36.9 Å². The Kier molecular flexibility index (Phi) is 35.6. The van der Waals surface area contributed by atoms with E-state index in [1.54, 1.807) is 24.0 Å². The molecule has 7 unspecified atom stereocenters. The molecule has 0 saturated heterocycles. The highest BCUT2D eigenvalue weighted by molar-refractivity contribution is 8.76. The van der Waals surface area contributed by atoms with E-state index in [0.29, 0.717) is 51.3 Å². The minimum atomic E-state index is -1.12. The number of aliphatic hydroxyl groups excluding tert-OH is 3. The van der Waals surface area contributed by atoms with Crippen molar-refractivity contribution in [2.75, 3.05) is 45.3 Å². The number of fused-ring (bicyclic) bond motifs is 1. The number of likely N-dealkylation sites (N-methyl/N-ethyl adjacent to an activating group) is 1. The van der Waals surface area contributed by atoms with Gasteiger partial charge in [0.1, 0.15) is 30.7 Å². The number of unbranched alkanes of at least 4 members (excludes halogenated alkanes) is 1. The quantitative estimate of drug-likeness (QED) is 0.0184. The average molecular weight is 1060 g/mol. The second-order valence-electron chi connectivity index (χ2n) is 16.6. The van der Waals surface area contributed by atoms with Crippen LogP contribution in [0.25, 0.3) is 10.9 Å². The molecule has 20 nitrogen and oxygen atoms in total. The number of carbonyl (C=O) groups is 7. The molecular weight excluding hydrogens is 977 g/mol. The molecular formula is C51H78N10O10S2. The first-order chi connectivity index (χ1) is 35.1. The number of hydrogen-bond donors (Lipinski definition) is 13. The standard InChI is InChI=1S/C31H42N6O5.C9H12N2O.C6H13NOS2.C5H11NO3/c1-20(39)28(19-38)37-29(40)25(14-8-9-15-32)35-31(42)27(17-22-18-34-24-13-7-6-12-23(22)24)36-30(41)26(33-2)16-21-10-4-3-5-11-21;10-8(9(11)12)6-7-4-2-1-3-5-7;1-7-3-6-10-9-5-2-4-8;1-4(9)5(2-7)6-3-8/h3-7,10-13,18-20,25-28,33-34,39H,8-9,14-17,32H2,1-2H3,(H,35,42)(H,36,41)(H,37,40);1-5,8H,6,10H2,(H2,11,12);4,7H,2-3,5-6H2,1H3;3-5,7,9H,2H2,1H3,(H,6,8)/t20?,25?,26?,27-,28?;;;/m1.../s1. The minimum Gasteiger partial charge on any atom is -0.394 e. The van der Waals surface area contributed by atoms with Crippen LogP contribution in [0.1, 0.15) is 56.2 Å². The number of carbonyl (C=O) groups excluding carboxylic acids is 7. The van der Waals surface area contributed by atoms with Crippen LogP contribution in [-0.4, -0.2) is 157 Å². The first-order valence-corrected chi connectivity index (χ1v) is 26.5. The third kappa shape index (κ3) is 27.8. The van der Waals surface area contributed by atoms with Gasteiger partial charge >= 0.3 is 0 Å². The van der Waals surface area contributed by atoms with E-state index in [-0.39, 0.29) is 25.4 Å². The Labute approximate surface area is 436 Å². The van der Waals surface area contributed by atoms with Gasteiger partial charge in [0.15, 0.2) is 0 Å². The van der Waals surface area contributed by atoms with Crippen LogP contribution in [0, 0.1) is 0 Å². The molecule has 0 fully saturated rings. The summed E-state index contributed by atoms with van der Waals surface area (Å²) in [4.78, 5) is 85.1. The maximum Gasteiger partial charge on any atom is 0.243 e. The third-order valence-corrected chi connectivity index (χ3v) is 13.2. The van der Waals surface area contributed by atoms with Gasteiger partial charge in [-0.1, -0.05) is 100 Å². The summed E-state index contributed by atoms with van der Waals surface area (Å²) >= 11 is 0. The van der Waals surface area contributed by atoms with Gasteiger partial charge in [-0.15, -0.1) is 0 Å². The number of aldehydes is 2. The van der Waals surface area contributed by atoms with Crippen molar-refractivity contribution in [1.29, 1.82) is 0 Å². The molecule has 5 amide bonds. The lowest BCUT2D eigenvalue weighted by molar-refractivity contribution is -0.133. The lowest BCUT2D eigenvalue weighted by atomic mass is 10.0. The number of aliphatic hydroxyl groups is 3. The van der Waals surface area contributed by atoms with Crippen molar-refractivity contribution in [3.05, 3.63) is 108 Å². The number of amides is 5. The Hall–Kier alpha value is -5.69. The summed E-state index contributed by atoms with van der Waals surface area (Å²) in [5.41, 5.74) is 19.8. The predicted octanol–water partition coefficient (Wildman–Crippen LogP) is 0.396. The number of benzene rings is 3. The van der Waals surface area contributed by atoms with E-state index < -0.39 is 66.2 Å². The van der Waals surface area contributed by atoms with E-state index in [0.717, 1.165) is 51.9 Å². The second-order valence-corrected chi connectivity index (χ2v) is 19.3. The molecule has 0 spiro atoms. The fourth-order valence-electron chi connectivity index (χ4n) is 6.50. The van der Waals surface area contributed by atoms with Gasteiger partial charge in [-0.25, -0.2) is 0 Å². The summed E-state index contributed by atoms with van der Waals surface area (Å²) in [7, 11) is 7.20. The third-order valence-electron chi connectivity index (χ3n) is 10.8. The molecule has 8 atom stereocenters. The van der Waals surface area contributed by atoms with Gasteiger partial charge in [-0.2, -0.15) is 0 Å². The summed E-state index contributed by atoms with van der Waals surface area (Å²) in [5.74, 6) is 0.0840. The number of nitrogens with two attached hydrogens (primary N) is 3. The highest BCUT2D eigenvalue weighted by Gasteiger charge is 2.31. The SMILES string of the molecule is CC(O)C(CO)NC=O.CNC(Cc1ccccc1)C(=O)N[C@H](Cc1c[nH]c2ccccc12)C(=O)NC(CCCCN)C(=O)NC(C=O)C(C)O.CNCCSSCCC=O.NC(=O)C(N)Cc1ccccc1. The van der Waals surface area contributed by atoms with Crippen molar-refractivity contribution < 1.29 is 48.9 Å². The minimum absolute atomic E-state index is 0.172. The number of H-pyrrole nitrogens is 1. The zero-order valence-electron chi connectivity index (χ0n) is 42.2. The molecule has 16 N–H and O–H groups in total. The highest BCUT2D eigenvalue weighted by Crippen LogP contribution is 2.21. The van der Waals surface area contributed by atoms with Gasteiger partial charge in [0.2, 0.25) is 30.0 Å². The first-order valence-electron chi connectivity index (χ1n) is 24.0. The molecule has 22 heteroatoms. The molecule has 3 aromatic carbocycles. The van der Waals surface area contributed by atoms with Crippen molar-refractivity contribution >= 4 is 75.1 Å². The second kappa shape index (κ2) is 39.8. The molecule has 0 saturated carbocycles. The molecule has 4 rings (SSSR count). The number of para-hydroxylation sites is 1. The van der Waals surface area contributed by atoms with Gasteiger partial charge < -0.3 is 79.0 Å². The molecule has 1 aromatic heterocycles. The Morgan fingerprint density at radius 1 is 0.726 bits per heavy atom. The molecule has 0 aliphatic heterocycles. The Bertz CT molecular complexity index is 2160. The normalized spacial score (nSPS) is 13.9. The first kappa shape index (κ1) is 65.3. The van der Waals surface area contributed by atoms with Crippen LogP contribution in [0.5, 0.6) is 0 Å². The number of rotatable bonds is 31. The van der Waals surface area contributed by atoms with Crippen LogP contribution in [0.2, 0.25) is 0 Å². The number of aromatic nitrogens is 1. The van der Waals surface area contributed by atoms with Crippen LogP contribution in [-0.2, 0) is 52.8 Å². The Morgan fingerprint density at radius 3 is 1.82 bits per heavy atom. The van der Waals surface area contributed by atoms with Gasteiger partial charge in [0, 0.05) is 48.0 Å². The molecule has 1 heterocycles. The van der Waals surface area contributed by atoms with Crippen molar-refractivity contribution in [3.63, 3.8) is 0 Å². The van der Waals surface area contributed by atoms with Gasteiger partial charge in [-0.05, 0) is 89.3 Å². The van der Waals surface area contributed by atoms with Crippen molar-refractivity contribution in [3.8, 4) is 0 Å².